The lowest BCUT2D eigenvalue weighted by atomic mass is 10.0. The summed E-state index contributed by atoms with van der Waals surface area (Å²) in [5.74, 6) is 0.460. The molecule has 7 nitrogen and oxygen atoms in total. The van der Waals surface area contributed by atoms with Gasteiger partial charge < -0.3 is 9.64 Å². The number of aromatic nitrogens is 1. The van der Waals surface area contributed by atoms with Gasteiger partial charge in [0.05, 0.1) is 4.91 Å². The number of carbonyl (C=O) groups is 1. The van der Waals surface area contributed by atoms with Crippen LogP contribution >= 0.6 is 24.0 Å². The zero-order chi connectivity index (χ0) is 24.8. The molecular formula is C25H28N4O3S2. The van der Waals surface area contributed by atoms with Crippen LogP contribution in [0.25, 0.3) is 6.08 Å². The first-order valence-electron chi connectivity index (χ1n) is 11.0. The van der Waals surface area contributed by atoms with Crippen LogP contribution < -0.4 is 10.5 Å². The summed E-state index contributed by atoms with van der Waals surface area (Å²) in [4.78, 5) is 30.1. The van der Waals surface area contributed by atoms with E-state index in [9.17, 15) is 14.9 Å². The average molecular weight is 497 g/mol. The van der Waals surface area contributed by atoms with E-state index in [0.29, 0.717) is 58.9 Å². The number of hydrogen-bond donors (Lipinski definition) is 0. The minimum Gasteiger partial charge on any atom is -0.382 e. The summed E-state index contributed by atoms with van der Waals surface area (Å²) in [5, 5.41) is 9.64. The van der Waals surface area contributed by atoms with Gasteiger partial charge >= 0.3 is 0 Å². The number of benzene rings is 1. The van der Waals surface area contributed by atoms with Crippen molar-refractivity contribution in [1.82, 2.24) is 9.47 Å². The maximum absolute atomic E-state index is 13.1. The van der Waals surface area contributed by atoms with Crippen molar-refractivity contribution in [2.75, 3.05) is 31.7 Å². The fraction of sp³-hybridized carbons (Fsp3) is 0.360. The second kappa shape index (κ2) is 11.5. The summed E-state index contributed by atoms with van der Waals surface area (Å²) in [5.41, 5.74) is 1.98. The fourth-order valence-electron chi connectivity index (χ4n) is 3.90. The summed E-state index contributed by atoms with van der Waals surface area (Å²) in [6, 6.07) is 11.9. The Morgan fingerprint density at radius 1 is 1.26 bits per heavy atom. The van der Waals surface area contributed by atoms with E-state index in [4.69, 9.17) is 17.0 Å². The van der Waals surface area contributed by atoms with E-state index in [-0.39, 0.29) is 17.0 Å². The molecule has 34 heavy (non-hydrogen) atoms. The van der Waals surface area contributed by atoms with E-state index in [1.165, 1.54) is 16.3 Å². The maximum Gasteiger partial charge on any atom is 0.270 e. The molecule has 0 unspecified atom stereocenters. The number of pyridine rings is 1. The highest BCUT2D eigenvalue weighted by atomic mass is 32.2. The topological polar surface area (TPSA) is 78.6 Å². The molecule has 0 aliphatic carbocycles. The molecule has 0 spiro atoms. The molecule has 2 heterocycles. The predicted octanol–water partition coefficient (Wildman–Crippen LogP) is 3.83. The molecule has 0 atom stereocenters. The van der Waals surface area contributed by atoms with Crippen molar-refractivity contribution >= 4 is 46.1 Å². The lowest BCUT2D eigenvalue weighted by molar-refractivity contribution is -0.122. The van der Waals surface area contributed by atoms with Crippen molar-refractivity contribution in [3.63, 3.8) is 0 Å². The summed E-state index contributed by atoms with van der Waals surface area (Å²) in [7, 11) is 3.54. The van der Waals surface area contributed by atoms with Crippen molar-refractivity contribution in [3.05, 3.63) is 67.8 Å². The monoisotopic (exact) mass is 496 g/mol. The van der Waals surface area contributed by atoms with Gasteiger partial charge in [-0.2, -0.15) is 5.26 Å². The lowest BCUT2D eigenvalue weighted by Crippen LogP contribution is -2.31. The average Bonchev–Trinajstić information content (AvgIpc) is 3.08. The van der Waals surface area contributed by atoms with E-state index < -0.39 is 0 Å². The third-order valence-corrected chi connectivity index (χ3v) is 6.99. The summed E-state index contributed by atoms with van der Waals surface area (Å²) in [6.45, 7) is 5.91. The van der Waals surface area contributed by atoms with Gasteiger partial charge in [-0.15, -0.1) is 0 Å². The fourth-order valence-corrected chi connectivity index (χ4v) is 5.19. The normalized spacial score (nSPS) is 14.7. The van der Waals surface area contributed by atoms with Crippen LogP contribution in [0, 0.1) is 18.3 Å². The third kappa shape index (κ3) is 5.41. The smallest absolute Gasteiger partial charge is 0.270 e. The van der Waals surface area contributed by atoms with Gasteiger partial charge in [-0.1, -0.05) is 54.3 Å². The van der Waals surface area contributed by atoms with Crippen molar-refractivity contribution < 1.29 is 9.53 Å². The number of hydrogen-bond acceptors (Lipinski definition) is 7. The third-order valence-electron chi connectivity index (χ3n) is 5.62. The van der Waals surface area contributed by atoms with E-state index in [0.717, 1.165) is 5.56 Å². The lowest BCUT2D eigenvalue weighted by Gasteiger charge is -2.26. The molecule has 1 saturated heterocycles. The highest BCUT2D eigenvalue weighted by Crippen LogP contribution is 2.35. The number of amides is 1. The Labute approximate surface area is 209 Å². The molecule has 1 aromatic heterocycles. The number of thiocarbonyl (C=S) groups is 1. The Morgan fingerprint density at radius 3 is 2.62 bits per heavy atom. The Hall–Kier alpha value is -2.93. The van der Waals surface area contributed by atoms with Crippen LogP contribution in [0.3, 0.4) is 0 Å². The summed E-state index contributed by atoms with van der Waals surface area (Å²) >= 11 is 6.69. The summed E-state index contributed by atoms with van der Waals surface area (Å²) < 4.78 is 7.34. The minimum atomic E-state index is -0.365. The first-order valence-corrected chi connectivity index (χ1v) is 12.2. The molecule has 1 aliphatic heterocycles. The second-order valence-electron chi connectivity index (χ2n) is 7.94. The number of anilines is 1. The van der Waals surface area contributed by atoms with Gasteiger partial charge in [-0.3, -0.25) is 19.1 Å². The minimum absolute atomic E-state index is 0.0674. The van der Waals surface area contributed by atoms with Gasteiger partial charge in [-0.25, -0.2) is 0 Å². The Kier molecular flexibility index (Phi) is 8.67. The highest BCUT2D eigenvalue weighted by molar-refractivity contribution is 8.26. The molecule has 0 saturated carbocycles. The van der Waals surface area contributed by atoms with Gasteiger partial charge in [-0.05, 0) is 37.5 Å². The Bertz CT molecular complexity index is 1220. The zero-order valence-electron chi connectivity index (χ0n) is 19.8. The van der Waals surface area contributed by atoms with Crippen LogP contribution in [0.4, 0.5) is 5.82 Å². The molecule has 2 aromatic rings. The van der Waals surface area contributed by atoms with E-state index >= 15 is 0 Å². The molecular weight excluding hydrogens is 468 g/mol. The molecule has 1 aliphatic rings. The second-order valence-corrected chi connectivity index (χ2v) is 9.61. The van der Waals surface area contributed by atoms with Gasteiger partial charge in [0, 0.05) is 46.0 Å². The molecule has 3 rings (SSSR count). The van der Waals surface area contributed by atoms with Crippen LogP contribution in [0.2, 0.25) is 0 Å². The van der Waals surface area contributed by atoms with Gasteiger partial charge in [0.25, 0.3) is 11.5 Å². The van der Waals surface area contributed by atoms with Crippen LogP contribution in [0.15, 0.2) is 40.0 Å². The van der Waals surface area contributed by atoms with Crippen molar-refractivity contribution in [2.45, 2.75) is 26.8 Å². The molecule has 0 radical (unpaired) electrons. The number of carbonyl (C=O) groups excluding carboxylic acids is 1. The molecule has 1 aromatic carbocycles. The number of rotatable bonds is 9. The SMILES string of the molecule is CCOCCCN1C(=O)C(=Cc2c(C)c(C#N)c(=O)n(C)c2N(C)Cc2ccccc2)SC1=S. The standard InChI is InChI=1S/C25H28N4O3S2/c1-5-32-13-9-12-29-24(31)21(34-25(29)33)14-19-17(2)20(15-26)23(30)28(4)22(19)27(3)16-18-10-7-6-8-11-18/h6-8,10-11,14H,5,9,12-13,16H2,1-4H3. The largest absolute Gasteiger partial charge is 0.382 e. The molecule has 178 valence electrons. The summed E-state index contributed by atoms with van der Waals surface area (Å²) in [6.07, 6.45) is 2.45. The molecule has 0 bridgehead atoms. The number of thioether (sulfide) groups is 1. The van der Waals surface area contributed by atoms with Crippen molar-refractivity contribution in [2.24, 2.45) is 7.05 Å². The van der Waals surface area contributed by atoms with Gasteiger partial charge in [0.15, 0.2) is 0 Å². The first kappa shape index (κ1) is 25.7. The van der Waals surface area contributed by atoms with E-state index in [1.807, 2.05) is 55.3 Å². The van der Waals surface area contributed by atoms with Gasteiger partial charge in [0.1, 0.15) is 21.8 Å². The van der Waals surface area contributed by atoms with E-state index in [1.54, 1.807) is 24.9 Å². The quantitative estimate of drug-likeness (QED) is 0.297. The number of nitrogens with zero attached hydrogens (tertiary/aromatic N) is 4. The molecule has 9 heteroatoms. The van der Waals surface area contributed by atoms with Crippen LogP contribution in [0.1, 0.15) is 35.6 Å². The van der Waals surface area contributed by atoms with Crippen molar-refractivity contribution in [1.29, 1.82) is 5.26 Å². The molecule has 1 fully saturated rings. The zero-order valence-corrected chi connectivity index (χ0v) is 21.5. The first-order chi connectivity index (χ1) is 16.3. The number of nitriles is 1. The van der Waals surface area contributed by atoms with Crippen LogP contribution in [-0.2, 0) is 23.1 Å². The van der Waals surface area contributed by atoms with Gasteiger partial charge in [0.2, 0.25) is 0 Å². The van der Waals surface area contributed by atoms with Crippen LogP contribution in [-0.4, -0.2) is 46.5 Å². The van der Waals surface area contributed by atoms with Crippen LogP contribution in [0.5, 0.6) is 0 Å². The Balaban J connectivity index is 2.03. The predicted molar refractivity (Wildman–Crippen MR) is 141 cm³/mol. The molecule has 0 N–H and O–H groups in total. The maximum atomic E-state index is 13.1. The number of ether oxygens (including phenoxy) is 1. The Morgan fingerprint density at radius 2 is 1.97 bits per heavy atom. The van der Waals surface area contributed by atoms with E-state index in [2.05, 4.69) is 0 Å². The van der Waals surface area contributed by atoms with Crippen molar-refractivity contribution in [3.8, 4) is 6.07 Å². The highest BCUT2D eigenvalue weighted by Gasteiger charge is 2.32. The molecule has 1 amide bonds.